The van der Waals surface area contributed by atoms with Crippen molar-refractivity contribution in [2.24, 2.45) is 0 Å². The molecule has 0 aliphatic rings. The second-order valence-electron chi connectivity index (χ2n) is 6.90. The maximum Gasteiger partial charge on any atom is 0.407 e. The van der Waals surface area contributed by atoms with E-state index in [1.807, 2.05) is 18.2 Å². The van der Waals surface area contributed by atoms with E-state index in [0.717, 1.165) is 5.56 Å². The highest BCUT2D eigenvalue weighted by atomic mass is 16.6. The molecule has 2 amide bonds. The van der Waals surface area contributed by atoms with E-state index in [9.17, 15) is 9.59 Å². The maximum atomic E-state index is 12.0. The number of nitrogens with zero attached hydrogens (tertiary/aromatic N) is 1. The third-order valence-corrected chi connectivity index (χ3v) is 3.27. The molecule has 0 spiro atoms. The van der Waals surface area contributed by atoms with Crippen LogP contribution in [0.2, 0.25) is 0 Å². The van der Waals surface area contributed by atoms with Crippen molar-refractivity contribution >= 4 is 17.7 Å². The van der Waals surface area contributed by atoms with Crippen molar-refractivity contribution in [2.45, 2.75) is 39.4 Å². The molecule has 0 saturated carbocycles. The average molecular weight is 371 g/mol. The fourth-order valence-corrected chi connectivity index (χ4v) is 2.13. The number of carbonyl (C=O) groups is 2. The van der Waals surface area contributed by atoms with Gasteiger partial charge in [-0.15, -0.1) is 0 Å². The Labute approximate surface area is 159 Å². The van der Waals surface area contributed by atoms with Crippen molar-refractivity contribution in [2.75, 3.05) is 11.9 Å². The number of ether oxygens (including phenoxy) is 2. The Morgan fingerprint density at radius 2 is 1.96 bits per heavy atom. The van der Waals surface area contributed by atoms with Gasteiger partial charge in [-0.25, -0.2) is 4.79 Å². The Bertz CT molecular complexity index is 757. The molecular weight excluding hydrogens is 346 g/mol. The van der Waals surface area contributed by atoms with Gasteiger partial charge in [0.05, 0.1) is 0 Å². The van der Waals surface area contributed by atoms with Crippen LogP contribution in [0.4, 0.5) is 10.5 Å². The molecule has 2 N–H and O–H groups in total. The average Bonchev–Trinajstić information content (AvgIpc) is 2.59. The van der Waals surface area contributed by atoms with E-state index in [0.29, 0.717) is 18.0 Å². The zero-order valence-corrected chi connectivity index (χ0v) is 15.8. The van der Waals surface area contributed by atoms with E-state index >= 15 is 0 Å². The highest BCUT2D eigenvalue weighted by Gasteiger charge is 2.15. The van der Waals surface area contributed by atoms with Crippen LogP contribution in [0.1, 0.15) is 32.8 Å². The number of hydrogen-bond acceptors (Lipinski definition) is 5. The molecule has 7 nitrogen and oxygen atoms in total. The second kappa shape index (κ2) is 9.56. The number of nitrogens with one attached hydrogen (secondary N) is 2. The minimum atomic E-state index is -0.567. The first-order chi connectivity index (χ1) is 12.8. The van der Waals surface area contributed by atoms with Crippen LogP contribution in [-0.2, 0) is 16.1 Å². The number of hydrogen-bond donors (Lipinski definition) is 2. The first kappa shape index (κ1) is 20.2. The van der Waals surface area contributed by atoms with Crippen molar-refractivity contribution < 1.29 is 19.1 Å². The Morgan fingerprint density at radius 1 is 1.15 bits per heavy atom. The Morgan fingerprint density at radius 3 is 2.67 bits per heavy atom. The number of alkyl carbamates (subject to hydrolysis) is 1. The van der Waals surface area contributed by atoms with Gasteiger partial charge in [-0.2, -0.15) is 0 Å². The predicted octanol–water partition coefficient (Wildman–Crippen LogP) is 3.51. The molecule has 0 atom stereocenters. The third kappa shape index (κ3) is 8.22. The van der Waals surface area contributed by atoms with E-state index in [1.165, 1.54) is 0 Å². The van der Waals surface area contributed by atoms with Crippen molar-refractivity contribution in [3.63, 3.8) is 0 Å². The fourth-order valence-electron chi connectivity index (χ4n) is 2.13. The molecule has 0 radical (unpaired) electrons. The number of pyridine rings is 1. The number of carbonyl (C=O) groups excluding carboxylic acids is 2. The van der Waals surface area contributed by atoms with Crippen LogP contribution in [-0.4, -0.2) is 29.1 Å². The van der Waals surface area contributed by atoms with Gasteiger partial charge in [0.2, 0.25) is 5.91 Å². The highest BCUT2D eigenvalue weighted by molar-refractivity contribution is 5.91. The summed E-state index contributed by atoms with van der Waals surface area (Å²) in [5.74, 6) is 0.430. The van der Waals surface area contributed by atoms with Crippen LogP contribution >= 0.6 is 0 Å². The molecule has 0 bridgehead atoms. The molecule has 2 rings (SSSR count). The molecular formula is C20H25N3O4. The first-order valence-corrected chi connectivity index (χ1v) is 8.70. The van der Waals surface area contributed by atoms with Gasteiger partial charge in [0.15, 0.2) is 0 Å². The zero-order chi connectivity index (χ0) is 19.7. The van der Waals surface area contributed by atoms with Crippen LogP contribution in [0.5, 0.6) is 5.75 Å². The number of rotatable bonds is 7. The first-order valence-electron chi connectivity index (χ1n) is 8.70. The summed E-state index contributed by atoms with van der Waals surface area (Å²) in [4.78, 5) is 27.6. The van der Waals surface area contributed by atoms with Crippen LogP contribution in [0, 0.1) is 0 Å². The standard InChI is InChI=1S/C20H25N3O4/c1-20(2,3)27-19(25)22-11-9-18(24)23-16-7-4-8-17(12-16)26-14-15-6-5-10-21-13-15/h4-8,10,12-13H,9,11,14H2,1-3H3,(H,22,25)(H,23,24). The van der Waals surface area contributed by atoms with Crippen LogP contribution < -0.4 is 15.4 Å². The summed E-state index contributed by atoms with van der Waals surface area (Å²) in [6, 6.07) is 10.9. The molecule has 1 heterocycles. The lowest BCUT2D eigenvalue weighted by atomic mass is 10.2. The summed E-state index contributed by atoms with van der Waals surface area (Å²) >= 11 is 0. The predicted molar refractivity (Wildman–Crippen MR) is 102 cm³/mol. The number of aromatic nitrogens is 1. The number of amides is 2. The zero-order valence-electron chi connectivity index (χ0n) is 15.8. The molecule has 27 heavy (non-hydrogen) atoms. The summed E-state index contributed by atoms with van der Waals surface area (Å²) in [6.45, 7) is 5.93. The van der Waals surface area contributed by atoms with Gasteiger partial charge < -0.3 is 20.1 Å². The Hall–Kier alpha value is -3.09. The van der Waals surface area contributed by atoms with Gasteiger partial charge in [-0.3, -0.25) is 9.78 Å². The molecule has 1 aromatic carbocycles. The van der Waals surface area contributed by atoms with Gasteiger partial charge in [0.1, 0.15) is 18.0 Å². The lowest BCUT2D eigenvalue weighted by Crippen LogP contribution is -2.34. The second-order valence-corrected chi connectivity index (χ2v) is 6.90. The molecule has 1 aromatic heterocycles. The van der Waals surface area contributed by atoms with Crippen LogP contribution in [0.25, 0.3) is 0 Å². The minimum absolute atomic E-state index is 0.139. The Balaban J connectivity index is 1.76. The topological polar surface area (TPSA) is 89.5 Å². The largest absolute Gasteiger partial charge is 0.489 e. The van der Waals surface area contributed by atoms with Gasteiger partial charge in [-0.1, -0.05) is 12.1 Å². The van der Waals surface area contributed by atoms with Crippen molar-refractivity contribution in [3.05, 3.63) is 54.4 Å². The monoisotopic (exact) mass is 371 g/mol. The lowest BCUT2D eigenvalue weighted by Gasteiger charge is -2.19. The van der Waals surface area contributed by atoms with Crippen LogP contribution in [0.3, 0.4) is 0 Å². The van der Waals surface area contributed by atoms with Crippen LogP contribution in [0.15, 0.2) is 48.8 Å². The quantitative estimate of drug-likeness (QED) is 0.777. The van der Waals surface area contributed by atoms with Crippen molar-refractivity contribution in [3.8, 4) is 5.75 Å². The van der Waals surface area contributed by atoms with Crippen molar-refractivity contribution in [1.82, 2.24) is 10.3 Å². The lowest BCUT2D eigenvalue weighted by molar-refractivity contribution is -0.116. The molecule has 7 heteroatoms. The maximum absolute atomic E-state index is 12.0. The van der Waals surface area contributed by atoms with Gasteiger partial charge >= 0.3 is 6.09 Å². The summed E-state index contributed by atoms with van der Waals surface area (Å²) in [7, 11) is 0. The molecule has 0 unspecified atom stereocenters. The normalized spacial score (nSPS) is 10.8. The number of anilines is 1. The fraction of sp³-hybridized carbons (Fsp3) is 0.350. The highest BCUT2D eigenvalue weighted by Crippen LogP contribution is 2.18. The van der Waals surface area contributed by atoms with Gasteiger partial charge in [-0.05, 0) is 39.0 Å². The summed E-state index contributed by atoms with van der Waals surface area (Å²) < 4.78 is 10.8. The Kier molecular flexibility index (Phi) is 7.16. The van der Waals surface area contributed by atoms with E-state index < -0.39 is 11.7 Å². The SMILES string of the molecule is CC(C)(C)OC(=O)NCCC(=O)Nc1cccc(OCc2cccnc2)c1. The molecule has 2 aromatic rings. The van der Waals surface area contributed by atoms with E-state index in [-0.39, 0.29) is 18.9 Å². The third-order valence-electron chi connectivity index (χ3n) is 3.27. The minimum Gasteiger partial charge on any atom is -0.489 e. The van der Waals surface area contributed by atoms with E-state index in [4.69, 9.17) is 9.47 Å². The van der Waals surface area contributed by atoms with E-state index in [2.05, 4.69) is 15.6 Å². The van der Waals surface area contributed by atoms with Crippen molar-refractivity contribution in [1.29, 1.82) is 0 Å². The molecule has 0 saturated heterocycles. The molecule has 0 fully saturated rings. The summed E-state index contributed by atoms with van der Waals surface area (Å²) in [5, 5.41) is 5.33. The molecule has 0 aliphatic carbocycles. The smallest absolute Gasteiger partial charge is 0.407 e. The van der Waals surface area contributed by atoms with E-state index in [1.54, 1.807) is 51.4 Å². The molecule has 0 aliphatic heterocycles. The number of benzene rings is 1. The summed E-state index contributed by atoms with van der Waals surface area (Å²) in [5.41, 5.74) is 1.02. The summed E-state index contributed by atoms with van der Waals surface area (Å²) in [6.07, 6.45) is 3.04. The van der Waals surface area contributed by atoms with Gasteiger partial charge in [0.25, 0.3) is 0 Å². The van der Waals surface area contributed by atoms with Gasteiger partial charge in [0, 0.05) is 42.7 Å². The molecule has 144 valence electrons.